The summed E-state index contributed by atoms with van der Waals surface area (Å²) in [5, 5.41) is 13.0. The van der Waals surface area contributed by atoms with Gasteiger partial charge in [0.05, 0.1) is 12.1 Å². The van der Waals surface area contributed by atoms with Crippen molar-refractivity contribution in [2.45, 2.75) is 45.7 Å². The van der Waals surface area contributed by atoms with Crippen molar-refractivity contribution >= 4 is 0 Å². The number of aliphatic hydroxyl groups is 1. The minimum absolute atomic E-state index is 0.108. The van der Waals surface area contributed by atoms with Crippen molar-refractivity contribution in [2.75, 3.05) is 6.61 Å². The molecule has 16 heavy (non-hydrogen) atoms. The molecule has 0 bridgehead atoms. The van der Waals surface area contributed by atoms with E-state index in [0.717, 1.165) is 12.0 Å². The molecule has 0 saturated heterocycles. The van der Waals surface area contributed by atoms with Gasteiger partial charge in [-0.15, -0.1) is 0 Å². The third-order valence-corrected chi connectivity index (χ3v) is 2.92. The van der Waals surface area contributed by atoms with Gasteiger partial charge in [-0.25, -0.2) is 0 Å². The van der Waals surface area contributed by atoms with Gasteiger partial charge in [0, 0.05) is 6.04 Å². The summed E-state index contributed by atoms with van der Waals surface area (Å²) in [5.41, 5.74) is 2.12. The fourth-order valence-electron chi connectivity index (χ4n) is 1.97. The van der Waals surface area contributed by atoms with E-state index < -0.39 is 0 Å². The van der Waals surface area contributed by atoms with Crippen LogP contribution in [0.3, 0.4) is 0 Å². The summed E-state index contributed by atoms with van der Waals surface area (Å²) < 4.78 is 0. The van der Waals surface area contributed by atoms with Crippen molar-refractivity contribution in [1.82, 2.24) is 5.32 Å². The summed E-state index contributed by atoms with van der Waals surface area (Å²) in [6.45, 7) is 8.47. The highest BCUT2D eigenvalue weighted by Gasteiger charge is 2.25. The summed E-state index contributed by atoms with van der Waals surface area (Å²) in [6, 6.07) is 8.81. The maximum Gasteiger partial charge on any atom is 0.0652 e. The minimum atomic E-state index is -0.347. The first kappa shape index (κ1) is 13.2. The van der Waals surface area contributed by atoms with Gasteiger partial charge < -0.3 is 10.4 Å². The number of rotatable bonds is 5. The SMILES string of the molecule is CCc1ccc(C(C)(CO)NC(C)C)cc1. The number of nitrogens with one attached hydrogen (secondary N) is 1. The lowest BCUT2D eigenvalue weighted by atomic mass is 9.91. The van der Waals surface area contributed by atoms with Crippen LogP contribution in [0.2, 0.25) is 0 Å². The second kappa shape index (κ2) is 5.46. The lowest BCUT2D eigenvalue weighted by Crippen LogP contribution is -2.46. The monoisotopic (exact) mass is 221 g/mol. The molecule has 0 aliphatic rings. The molecule has 1 rings (SSSR count). The third kappa shape index (κ3) is 3.06. The van der Waals surface area contributed by atoms with Crippen molar-refractivity contribution in [3.8, 4) is 0 Å². The molecule has 1 atom stereocenters. The van der Waals surface area contributed by atoms with Crippen LogP contribution in [0.15, 0.2) is 24.3 Å². The molecule has 0 heterocycles. The zero-order chi connectivity index (χ0) is 12.2. The molecule has 2 N–H and O–H groups in total. The first-order valence-electron chi connectivity index (χ1n) is 6.00. The van der Waals surface area contributed by atoms with Crippen molar-refractivity contribution in [3.63, 3.8) is 0 Å². The molecule has 1 aromatic carbocycles. The summed E-state index contributed by atoms with van der Waals surface area (Å²) in [7, 11) is 0. The van der Waals surface area contributed by atoms with Gasteiger partial charge in [0.2, 0.25) is 0 Å². The van der Waals surface area contributed by atoms with E-state index in [1.54, 1.807) is 0 Å². The summed E-state index contributed by atoms with van der Waals surface area (Å²) in [5.74, 6) is 0. The highest BCUT2D eigenvalue weighted by Crippen LogP contribution is 2.21. The molecule has 1 unspecified atom stereocenters. The molecule has 0 fully saturated rings. The topological polar surface area (TPSA) is 32.3 Å². The predicted octanol–water partition coefficient (Wildman–Crippen LogP) is 2.45. The van der Waals surface area contributed by atoms with E-state index in [1.165, 1.54) is 5.56 Å². The zero-order valence-corrected chi connectivity index (χ0v) is 10.7. The molecule has 2 heteroatoms. The molecule has 0 aliphatic heterocycles. The molecule has 90 valence electrons. The Balaban J connectivity index is 2.93. The van der Waals surface area contributed by atoms with Gasteiger partial charge in [-0.1, -0.05) is 31.2 Å². The smallest absolute Gasteiger partial charge is 0.0652 e. The molecule has 1 aromatic rings. The van der Waals surface area contributed by atoms with E-state index in [9.17, 15) is 5.11 Å². The van der Waals surface area contributed by atoms with Gasteiger partial charge in [-0.05, 0) is 38.3 Å². The van der Waals surface area contributed by atoms with E-state index in [0.29, 0.717) is 6.04 Å². The Morgan fingerprint density at radius 1 is 1.25 bits per heavy atom. The molecule has 0 spiro atoms. The van der Waals surface area contributed by atoms with Gasteiger partial charge >= 0.3 is 0 Å². The van der Waals surface area contributed by atoms with E-state index in [1.807, 2.05) is 6.92 Å². The molecular formula is C14H23NO. The maximum absolute atomic E-state index is 9.55. The number of hydrogen-bond donors (Lipinski definition) is 2. The van der Waals surface area contributed by atoms with Crippen molar-refractivity contribution in [3.05, 3.63) is 35.4 Å². The van der Waals surface area contributed by atoms with E-state index in [2.05, 4.69) is 50.4 Å². The van der Waals surface area contributed by atoms with Crippen LogP contribution >= 0.6 is 0 Å². The molecule has 0 radical (unpaired) electrons. The number of hydrogen-bond acceptors (Lipinski definition) is 2. The molecule has 0 aromatic heterocycles. The highest BCUT2D eigenvalue weighted by molar-refractivity contribution is 5.28. The first-order valence-corrected chi connectivity index (χ1v) is 6.00. The molecular weight excluding hydrogens is 198 g/mol. The minimum Gasteiger partial charge on any atom is -0.394 e. The van der Waals surface area contributed by atoms with Gasteiger partial charge in [-0.3, -0.25) is 0 Å². The summed E-state index contributed by atoms with van der Waals surface area (Å²) >= 11 is 0. The molecule has 2 nitrogen and oxygen atoms in total. The number of aryl methyl sites for hydroxylation is 1. The Hall–Kier alpha value is -0.860. The Morgan fingerprint density at radius 3 is 2.19 bits per heavy atom. The fraction of sp³-hybridized carbons (Fsp3) is 0.571. The van der Waals surface area contributed by atoms with Crippen LogP contribution < -0.4 is 5.32 Å². The summed E-state index contributed by atoms with van der Waals surface area (Å²) in [4.78, 5) is 0. The Kier molecular flexibility index (Phi) is 4.51. The Bertz CT molecular complexity index is 318. The zero-order valence-electron chi connectivity index (χ0n) is 10.7. The fourth-order valence-corrected chi connectivity index (χ4v) is 1.97. The van der Waals surface area contributed by atoms with Gasteiger partial charge in [0.15, 0.2) is 0 Å². The van der Waals surface area contributed by atoms with Gasteiger partial charge in [0.1, 0.15) is 0 Å². The number of aliphatic hydroxyl groups excluding tert-OH is 1. The quantitative estimate of drug-likeness (QED) is 0.800. The normalized spacial score (nSPS) is 15.1. The van der Waals surface area contributed by atoms with Crippen molar-refractivity contribution in [2.24, 2.45) is 0 Å². The van der Waals surface area contributed by atoms with Crippen LogP contribution in [0.4, 0.5) is 0 Å². The second-order valence-electron chi connectivity index (χ2n) is 4.84. The van der Waals surface area contributed by atoms with Crippen molar-refractivity contribution in [1.29, 1.82) is 0 Å². The van der Waals surface area contributed by atoms with Crippen LogP contribution in [0.5, 0.6) is 0 Å². The van der Waals surface area contributed by atoms with Crippen molar-refractivity contribution < 1.29 is 5.11 Å². The van der Waals surface area contributed by atoms with E-state index >= 15 is 0 Å². The Morgan fingerprint density at radius 2 is 1.81 bits per heavy atom. The van der Waals surface area contributed by atoms with Crippen LogP contribution in [-0.2, 0) is 12.0 Å². The van der Waals surface area contributed by atoms with E-state index in [-0.39, 0.29) is 12.1 Å². The molecule has 0 aliphatic carbocycles. The van der Waals surface area contributed by atoms with Gasteiger partial charge in [-0.2, -0.15) is 0 Å². The standard InChI is InChI=1S/C14H23NO/c1-5-12-6-8-13(9-7-12)14(4,10-16)15-11(2)3/h6-9,11,15-16H,5,10H2,1-4H3. The lowest BCUT2D eigenvalue weighted by molar-refractivity contribution is 0.166. The third-order valence-electron chi connectivity index (χ3n) is 2.92. The average Bonchev–Trinajstić information content (AvgIpc) is 2.28. The largest absolute Gasteiger partial charge is 0.394 e. The average molecular weight is 221 g/mol. The van der Waals surface area contributed by atoms with Crippen LogP contribution in [0.25, 0.3) is 0 Å². The molecule has 0 saturated carbocycles. The highest BCUT2D eigenvalue weighted by atomic mass is 16.3. The van der Waals surface area contributed by atoms with E-state index in [4.69, 9.17) is 0 Å². The van der Waals surface area contributed by atoms with Crippen LogP contribution in [0, 0.1) is 0 Å². The van der Waals surface area contributed by atoms with Crippen LogP contribution in [0.1, 0.15) is 38.8 Å². The molecule has 0 amide bonds. The first-order chi connectivity index (χ1) is 7.51. The van der Waals surface area contributed by atoms with Gasteiger partial charge in [0.25, 0.3) is 0 Å². The maximum atomic E-state index is 9.55. The van der Waals surface area contributed by atoms with Crippen LogP contribution in [-0.4, -0.2) is 17.8 Å². The predicted molar refractivity (Wildman–Crippen MR) is 68.5 cm³/mol. The second-order valence-corrected chi connectivity index (χ2v) is 4.84. The lowest BCUT2D eigenvalue weighted by Gasteiger charge is -2.31. The number of benzene rings is 1. The summed E-state index contributed by atoms with van der Waals surface area (Å²) in [6.07, 6.45) is 1.05. The Labute approximate surface area is 98.7 Å².